The molecule has 0 bridgehead atoms. The molecular weight excluding hydrogens is 138 g/mol. The second-order valence-corrected chi connectivity index (χ2v) is 4.37. The normalized spacial score (nSPS) is 45.8. The summed E-state index contributed by atoms with van der Waals surface area (Å²) >= 11 is 0. The zero-order valence-electron chi connectivity index (χ0n) is 7.51. The summed E-state index contributed by atoms with van der Waals surface area (Å²) in [7, 11) is 0. The average molecular weight is 157 g/mol. The molecule has 1 aliphatic carbocycles. The van der Waals surface area contributed by atoms with Crippen LogP contribution in [0.1, 0.15) is 33.1 Å². The molecule has 3 N–H and O–H groups in total. The topological polar surface area (TPSA) is 46.2 Å². The largest absolute Gasteiger partial charge is 0.394 e. The zero-order valence-corrected chi connectivity index (χ0v) is 7.51. The van der Waals surface area contributed by atoms with Crippen LogP contribution in [0.4, 0.5) is 0 Å². The van der Waals surface area contributed by atoms with E-state index in [4.69, 9.17) is 10.8 Å². The molecule has 0 amide bonds. The molecule has 2 nitrogen and oxygen atoms in total. The summed E-state index contributed by atoms with van der Waals surface area (Å²) in [5.41, 5.74) is 5.71. The molecule has 0 aliphatic heterocycles. The van der Waals surface area contributed by atoms with Crippen LogP contribution in [0.5, 0.6) is 0 Å². The summed E-state index contributed by atoms with van der Waals surface area (Å²) in [5.74, 6) is 1.35. The van der Waals surface area contributed by atoms with E-state index in [2.05, 4.69) is 13.8 Å². The Morgan fingerprint density at radius 3 is 2.18 bits per heavy atom. The van der Waals surface area contributed by atoms with E-state index in [1.165, 1.54) is 6.42 Å². The van der Waals surface area contributed by atoms with E-state index < -0.39 is 0 Å². The van der Waals surface area contributed by atoms with E-state index in [1.807, 2.05) is 0 Å². The zero-order chi connectivity index (χ0) is 8.48. The SMILES string of the molecule is CC1CC(C)CC(N)(CO)C1. The fraction of sp³-hybridized carbons (Fsp3) is 1.00. The maximum atomic E-state index is 9.06. The second-order valence-electron chi connectivity index (χ2n) is 4.37. The van der Waals surface area contributed by atoms with Crippen LogP contribution in [-0.2, 0) is 0 Å². The Morgan fingerprint density at radius 2 is 1.82 bits per heavy atom. The van der Waals surface area contributed by atoms with Gasteiger partial charge in [0.25, 0.3) is 0 Å². The van der Waals surface area contributed by atoms with Crippen LogP contribution in [-0.4, -0.2) is 17.3 Å². The van der Waals surface area contributed by atoms with Crippen molar-refractivity contribution in [3.63, 3.8) is 0 Å². The van der Waals surface area contributed by atoms with Gasteiger partial charge >= 0.3 is 0 Å². The third kappa shape index (κ3) is 2.17. The average Bonchev–Trinajstić information content (AvgIpc) is 1.84. The molecule has 1 saturated carbocycles. The van der Waals surface area contributed by atoms with Crippen LogP contribution in [0.25, 0.3) is 0 Å². The summed E-state index contributed by atoms with van der Waals surface area (Å²) in [6.45, 7) is 4.57. The van der Waals surface area contributed by atoms with Gasteiger partial charge in [0.1, 0.15) is 0 Å². The number of aliphatic hydroxyl groups excluding tert-OH is 1. The Morgan fingerprint density at radius 1 is 1.36 bits per heavy atom. The fourth-order valence-electron chi connectivity index (χ4n) is 2.45. The molecule has 1 fully saturated rings. The van der Waals surface area contributed by atoms with E-state index in [1.54, 1.807) is 0 Å². The van der Waals surface area contributed by atoms with E-state index >= 15 is 0 Å². The Hall–Kier alpha value is -0.0800. The van der Waals surface area contributed by atoms with Crippen LogP contribution in [0.2, 0.25) is 0 Å². The predicted octanol–water partition coefficient (Wildman–Crippen LogP) is 1.13. The van der Waals surface area contributed by atoms with Crippen LogP contribution in [0.3, 0.4) is 0 Å². The molecule has 0 heterocycles. The minimum atomic E-state index is -0.281. The van der Waals surface area contributed by atoms with Crippen molar-refractivity contribution in [3.8, 4) is 0 Å². The highest BCUT2D eigenvalue weighted by Gasteiger charge is 2.33. The monoisotopic (exact) mass is 157 g/mol. The van der Waals surface area contributed by atoms with Gasteiger partial charge in [-0.3, -0.25) is 0 Å². The maximum Gasteiger partial charge on any atom is 0.0611 e. The quantitative estimate of drug-likeness (QED) is 0.599. The minimum absolute atomic E-state index is 0.141. The van der Waals surface area contributed by atoms with Gasteiger partial charge in [-0.1, -0.05) is 13.8 Å². The molecule has 11 heavy (non-hydrogen) atoms. The molecule has 1 aliphatic rings. The number of hydrogen-bond donors (Lipinski definition) is 2. The van der Waals surface area contributed by atoms with Crippen molar-refractivity contribution in [2.45, 2.75) is 38.6 Å². The van der Waals surface area contributed by atoms with Crippen molar-refractivity contribution in [3.05, 3.63) is 0 Å². The standard InChI is InChI=1S/C9H19NO/c1-7-3-8(2)5-9(10,4-7)6-11/h7-8,11H,3-6,10H2,1-2H3. The Kier molecular flexibility index (Phi) is 2.55. The molecule has 0 aromatic heterocycles. The van der Waals surface area contributed by atoms with Crippen molar-refractivity contribution in [1.29, 1.82) is 0 Å². The highest BCUT2D eigenvalue weighted by Crippen LogP contribution is 2.33. The number of nitrogens with two attached hydrogens (primary N) is 1. The van der Waals surface area contributed by atoms with Crippen molar-refractivity contribution in [1.82, 2.24) is 0 Å². The summed E-state index contributed by atoms with van der Waals surface area (Å²) in [6, 6.07) is 0. The van der Waals surface area contributed by atoms with E-state index in [9.17, 15) is 0 Å². The van der Waals surface area contributed by atoms with Gasteiger partial charge in [0.15, 0.2) is 0 Å². The van der Waals surface area contributed by atoms with Crippen molar-refractivity contribution in [2.75, 3.05) is 6.61 Å². The van der Waals surface area contributed by atoms with Gasteiger partial charge in [-0.05, 0) is 31.1 Å². The Balaban J connectivity index is 2.55. The van der Waals surface area contributed by atoms with Crippen molar-refractivity contribution < 1.29 is 5.11 Å². The van der Waals surface area contributed by atoms with Gasteiger partial charge in [0.2, 0.25) is 0 Å². The van der Waals surface area contributed by atoms with Gasteiger partial charge in [-0.2, -0.15) is 0 Å². The molecule has 2 heteroatoms. The highest BCUT2D eigenvalue weighted by molar-refractivity contribution is 4.91. The fourth-order valence-corrected chi connectivity index (χ4v) is 2.45. The molecule has 2 unspecified atom stereocenters. The lowest BCUT2D eigenvalue weighted by atomic mass is 9.73. The van der Waals surface area contributed by atoms with Gasteiger partial charge in [0, 0.05) is 5.54 Å². The highest BCUT2D eigenvalue weighted by atomic mass is 16.3. The van der Waals surface area contributed by atoms with Crippen molar-refractivity contribution in [2.24, 2.45) is 17.6 Å². The van der Waals surface area contributed by atoms with E-state index in [0.29, 0.717) is 11.8 Å². The smallest absolute Gasteiger partial charge is 0.0611 e. The lowest BCUT2D eigenvalue weighted by Crippen LogP contribution is -2.49. The van der Waals surface area contributed by atoms with Crippen LogP contribution in [0.15, 0.2) is 0 Å². The third-order valence-corrected chi connectivity index (χ3v) is 2.63. The summed E-state index contributed by atoms with van der Waals surface area (Å²) in [6.07, 6.45) is 3.22. The summed E-state index contributed by atoms with van der Waals surface area (Å²) in [4.78, 5) is 0. The number of aliphatic hydroxyl groups is 1. The van der Waals surface area contributed by atoms with Crippen LogP contribution < -0.4 is 5.73 Å². The van der Waals surface area contributed by atoms with Gasteiger partial charge in [0.05, 0.1) is 6.61 Å². The van der Waals surface area contributed by atoms with Crippen LogP contribution >= 0.6 is 0 Å². The number of rotatable bonds is 1. The first-order valence-corrected chi connectivity index (χ1v) is 4.45. The van der Waals surface area contributed by atoms with Crippen molar-refractivity contribution >= 4 is 0 Å². The lowest BCUT2D eigenvalue weighted by Gasteiger charge is -2.38. The number of hydrogen-bond acceptors (Lipinski definition) is 2. The third-order valence-electron chi connectivity index (χ3n) is 2.63. The first-order valence-electron chi connectivity index (χ1n) is 4.45. The molecular formula is C9H19NO. The van der Waals surface area contributed by atoms with Gasteiger partial charge in [-0.25, -0.2) is 0 Å². The maximum absolute atomic E-state index is 9.06. The minimum Gasteiger partial charge on any atom is -0.394 e. The van der Waals surface area contributed by atoms with E-state index in [-0.39, 0.29) is 12.1 Å². The Bertz CT molecular complexity index is 126. The molecule has 0 spiro atoms. The van der Waals surface area contributed by atoms with Gasteiger partial charge in [-0.15, -0.1) is 0 Å². The molecule has 0 saturated heterocycles. The predicted molar refractivity (Wildman–Crippen MR) is 46.2 cm³/mol. The molecule has 0 radical (unpaired) electrons. The molecule has 2 atom stereocenters. The summed E-state index contributed by atoms with van der Waals surface area (Å²) < 4.78 is 0. The summed E-state index contributed by atoms with van der Waals surface area (Å²) in [5, 5.41) is 9.06. The van der Waals surface area contributed by atoms with Gasteiger partial charge < -0.3 is 10.8 Å². The van der Waals surface area contributed by atoms with E-state index in [0.717, 1.165) is 12.8 Å². The van der Waals surface area contributed by atoms with Crippen LogP contribution in [0, 0.1) is 11.8 Å². The molecule has 0 aromatic carbocycles. The lowest BCUT2D eigenvalue weighted by molar-refractivity contribution is 0.107. The molecule has 0 aromatic rings. The second kappa shape index (κ2) is 3.11. The first kappa shape index (κ1) is 9.01. The molecule has 1 rings (SSSR count). The Labute approximate surface area is 68.8 Å². The first-order chi connectivity index (χ1) is 5.06. The molecule has 66 valence electrons.